The van der Waals surface area contributed by atoms with Gasteiger partial charge in [0.05, 0.1) is 29.1 Å². The number of halogens is 1. The lowest BCUT2D eigenvalue weighted by Crippen LogP contribution is -2.57. The number of aliphatic hydroxyl groups excluding tert-OH is 1. The fourth-order valence-electron chi connectivity index (χ4n) is 7.77. The van der Waals surface area contributed by atoms with E-state index in [4.69, 9.17) is 0 Å². The molecule has 3 saturated heterocycles. The van der Waals surface area contributed by atoms with E-state index in [1.54, 1.807) is 25.4 Å². The van der Waals surface area contributed by atoms with Crippen molar-refractivity contribution in [2.45, 2.75) is 50.0 Å². The van der Waals surface area contributed by atoms with Gasteiger partial charge in [0, 0.05) is 70.9 Å². The van der Waals surface area contributed by atoms with Gasteiger partial charge in [-0.3, -0.25) is 33.8 Å². The van der Waals surface area contributed by atoms with Gasteiger partial charge in [-0.15, -0.1) is 0 Å². The van der Waals surface area contributed by atoms with Gasteiger partial charge in [0.25, 0.3) is 23.3 Å². The second-order valence-electron chi connectivity index (χ2n) is 13.9. The first-order chi connectivity index (χ1) is 24.5. The minimum atomic E-state index is -1.30. The van der Waals surface area contributed by atoms with E-state index in [0.717, 1.165) is 35.5 Å². The molecule has 2 unspecified atom stereocenters. The summed E-state index contributed by atoms with van der Waals surface area (Å²) in [5.74, 6) is -1.01. The highest BCUT2D eigenvalue weighted by Crippen LogP contribution is 2.32. The zero-order chi connectivity index (χ0) is 36.0. The number of likely N-dealkylation sites (N-methyl/N-ethyl adjacent to an activating group) is 1. The summed E-state index contributed by atoms with van der Waals surface area (Å²) >= 11 is 3.41. The quantitative estimate of drug-likeness (QED) is 0.302. The first-order valence-electron chi connectivity index (χ1n) is 17.2. The standard InChI is InChI=1S/C36H41BrN8O6/c1-41-18-24(16-25(20-41)39-27-17-38-42(2)36(51)31(27)37)21-6-8-22(9-7-21)33(48)44-14-12-43(13-15-44)19-23-4-3-5-26-30(23)35(50)45(34(26)49)28-10-11-29(46)40-32(28)47/h3-9,17,24-25,28,32,39,47H,10-16,18-20H2,1-2H3,(H,40,46)/t24-,25+,28?,32?/m0/s1. The summed E-state index contributed by atoms with van der Waals surface area (Å²) in [6, 6.07) is 12.4. The van der Waals surface area contributed by atoms with Crippen molar-refractivity contribution in [2.75, 3.05) is 51.6 Å². The van der Waals surface area contributed by atoms with Crippen molar-refractivity contribution < 1.29 is 24.3 Å². The summed E-state index contributed by atoms with van der Waals surface area (Å²) < 4.78 is 1.75. The second-order valence-corrected chi connectivity index (χ2v) is 14.7. The molecule has 15 heteroatoms. The van der Waals surface area contributed by atoms with Gasteiger partial charge in [0.15, 0.2) is 0 Å². The van der Waals surface area contributed by atoms with Crippen LogP contribution in [0.1, 0.15) is 67.4 Å². The number of aryl methyl sites for hydroxylation is 1. The summed E-state index contributed by atoms with van der Waals surface area (Å²) in [5, 5.41) is 20.5. The molecule has 51 heavy (non-hydrogen) atoms. The van der Waals surface area contributed by atoms with Crippen LogP contribution in [0.15, 0.2) is 57.9 Å². The topological polar surface area (TPSA) is 160 Å². The van der Waals surface area contributed by atoms with Crippen LogP contribution in [0.25, 0.3) is 0 Å². The molecular formula is C36H41BrN8O6. The smallest absolute Gasteiger partial charge is 0.282 e. The van der Waals surface area contributed by atoms with Crippen molar-refractivity contribution in [1.82, 2.24) is 34.7 Å². The van der Waals surface area contributed by atoms with E-state index in [0.29, 0.717) is 59.6 Å². The first kappa shape index (κ1) is 35.0. The third-order valence-electron chi connectivity index (χ3n) is 10.5. The Labute approximate surface area is 303 Å². The van der Waals surface area contributed by atoms with E-state index in [9.17, 15) is 29.1 Å². The minimum Gasteiger partial charge on any atom is -0.379 e. The number of aromatic nitrogens is 2. The molecule has 14 nitrogen and oxygen atoms in total. The number of imide groups is 1. The number of likely N-dealkylation sites (tertiary alicyclic amines) is 1. The maximum atomic E-state index is 13.5. The Hall–Kier alpha value is -4.44. The minimum absolute atomic E-state index is 0.0281. The third-order valence-corrected chi connectivity index (χ3v) is 11.2. The monoisotopic (exact) mass is 760 g/mol. The summed E-state index contributed by atoms with van der Waals surface area (Å²) in [5.41, 5.74) is 3.63. The molecule has 2 aromatic carbocycles. The molecule has 0 bridgehead atoms. The van der Waals surface area contributed by atoms with Crippen LogP contribution in [0.4, 0.5) is 5.69 Å². The zero-order valence-corrected chi connectivity index (χ0v) is 30.1. The molecule has 4 aliphatic heterocycles. The Morgan fingerprint density at radius 1 is 1.00 bits per heavy atom. The van der Waals surface area contributed by atoms with Gasteiger partial charge >= 0.3 is 0 Å². The summed E-state index contributed by atoms with van der Waals surface area (Å²) in [6.45, 7) is 4.41. The summed E-state index contributed by atoms with van der Waals surface area (Å²) in [4.78, 5) is 71.8. The molecule has 3 N–H and O–H groups in total. The van der Waals surface area contributed by atoms with Crippen molar-refractivity contribution in [3.63, 3.8) is 0 Å². The lowest BCUT2D eigenvalue weighted by atomic mass is 9.87. The van der Waals surface area contributed by atoms with Gasteiger partial charge in [-0.1, -0.05) is 24.3 Å². The Bertz CT molecular complexity index is 1930. The maximum absolute atomic E-state index is 13.5. The average Bonchev–Trinajstić information content (AvgIpc) is 3.38. The SMILES string of the molecule is CN1C[C@H](Nc2cnn(C)c(=O)c2Br)C[C@H](c2ccc(C(=O)N3CCN(Cc4cccc5c4C(=O)N(C4CCC(=O)NC4O)C5=O)CC3)cc2)C1. The molecule has 0 aliphatic carbocycles. The van der Waals surface area contributed by atoms with Gasteiger partial charge in [-0.25, -0.2) is 4.68 Å². The van der Waals surface area contributed by atoms with E-state index in [1.807, 2.05) is 35.2 Å². The third kappa shape index (κ3) is 6.95. The number of nitrogens with zero attached hydrogens (tertiary/aromatic N) is 6. The summed E-state index contributed by atoms with van der Waals surface area (Å²) in [7, 11) is 3.70. The molecule has 5 heterocycles. The highest BCUT2D eigenvalue weighted by molar-refractivity contribution is 9.10. The average molecular weight is 762 g/mol. The van der Waals surface area contributed by atoms with Crippen LogP contribution >= 0.6 is 15.9 Å². The normalized spacial score (nSPS) is 24.4. The number of anilines is 1. The predicted molar refractivity (Wildman–Crippen MR) is 191 cm³/mol. The second kappa shape index (κ2) is 14.3. The number of benzene rings is 2. The largest absolute Gasteiger partial charge is 0.379 e. The van der Waals surface area contributed by atoms with Crippen molar-refractivity contribution in [3.8, 4) is 0 Å². The Kier molecular flexibility index (Phi) is 9.80. The molecular weight excluding hydrogens is 720 g/mol. The number of hydrogen-bond acceptors (Lipinski definition) is 10. The van der Waals surface area contributed by atoms with Crippen molar-refractivity contribution in [2.24, 2.45) is 7.05 Å². The number of rotatable bonds is 7. The van der Waals surface area contributed by atoms with Crippen LogP contribution in [0, 0.1) is 0 Å². The van der Waals surface area contributed by atoms with E-state index in [2.05, 4.69) is 48.5 Å². The number of hydrogen-bond donors (Lipinski definition) is 3. The lowest BCUT2D eigenvalue weighted by Gasteiger charge is -2.37. The molecule has 0 radical (unpaired) electrons. The van der Waals surface area contributed by atoms with Gasteiger partial charge in [-0.2, -0.15) is 5.10 Å². The summed E-state index contributed by atoms with van der Waals surface area (Å²) in [6.07, 6.45) is 1.56. The molecule has 4 amide bonds. The van der Waals surface area contributed by atoms with Crippen molar-refractivity contribution in [3.05, 3.63) is 91.3 Å². The van der Waals surface area contributed by atoms with Crippen LogP contribution in [-0.4, -0.2) is 123 Å². The van der Waals surface area contributed by atoms with Crippen LogP contribution in [0.2, 0.25) is 0 Å². The predicted octanol–water partition coefficient (Wildman–Crippen LogP) is 1.59. The van der Waals surface area contributed by atoms with Crippen LogP contribution in [0.3, 0.4) is 0 Å². The highest BCUT2D eigenvalue weighted by Gasteiger charge is 2.45. The van der Waals surface area contributed by atoms with Gasteiger partial charge in [-0.05, 0) is 71.1 Å². The first-order valence-corrected chi connectivity index (χ1v) is 18.0. The maximum Gasteiger partial charge on any atom is 0.282 e. The number of piperidine rings is 2. The number of carbonyl (C=O) groups excluding carboxylic acids is 4. The molecule has 0 spiro atoms. The Balaban J connectivity index is 0.951. The molecule has 268 valence electrons. The van der Waals surface area contributed by atoms with Gasteiger partial charge in [0.2, 0.25) is 5.91 Å². The number of piperazine rings is 1. The number of carbonyl (C=O) groups is 4. The van der Waals surface area contributed by atoms with Gasteiger partial charge in [0.1, 0.15) is 10.7 Å². The molecule has 3 fully saturated rings. The molecule has 3 aromatic rings. The molecule has 4 atom stereocenters. The fourth-order valence-corrected chi connectivity index (χ4v) is 8.25. The van der Waals surface area contributed by atoms with Crippen molar-refractivity contribution >= 4 is 45.2 Å². The van der Waals surface area contributed by atoms with Crippen LogP contribution < -0.4 is 16.2 Å². The Morgan fingerprint density at radius 3 is 2.47 bits per heavy atom. The number of amides is 4. The zero-order valence-electron chi connectivity index (χ0n) is 28.5. The molecule has 0 saturated carbocycles. The van der Waals surface area contributed by atoms with Crippen molar-refractivity contribution in [1.29, 1.82) is 0 Å². The van der Waals surface area contributed by atoms with E-state index < -0.39 is 24.1 Å². The van der Waals surface area contributed by atoms with Crippen LogP contribution in [0.5, 0.6) is 0 Å². The van der Waals surface area contributed by atoms with E-state index in [1.165, 1.54) is 4.68 Å². The van der Waals surface area contributed by atoms with Gasteiger partial charge < -0.3 is 25.5 Å². The lowest BCUT2D eigenvalue weighted by molar-refractivity contribution is -0.129. The Morgan fingerprint density at radius 2 is 1.75 bits per heavy atom. The number of nitrogens with one attached hydrogen (secondary N) is 2. The molecule has 4 aliphatic rings. The highest BCUT2D eigenvalue weighted by atomic mass is 79.9. The number of aliphatic hydroxyl groups is 1. The molecule has 1 aromatic heterocycles. The fraction of sp³-hybridized carbons (Fsp3) is 0.444. The van der Waals surface area contributed by atoms with E-state index >= 15 is 0 Å². The molecule has 7 rings (SSSR count). The number of fused-ring (bicyclic) bond motifs is 1. The van der Waals surface area contributed by atoms with Crippen LogP contribution in [-0.2, 0) is 18.4 Å². The van der Waals surface area contributed by atoms with E-state index in [-0.39, 0.29) is 42.2 Å².